The molecule has 1 aliphatic rings. The molecule has 0 bridgehead atoms. The lowest BCUT2D eigenvalue weighted by Gasteiger charge is -2.31. The van der Waals surface area contributed by atoms with Gasteiger partial charge in [0.05, 0.1) is 5.69 Å². The molecule has 0 aromatic carbocycles. The summed E-state index contributed by atoms with van der Waals surface area (Å²) in [6.45, 7) is 9.59. The fourth-order valence-electron chi connectivity index (χ4n) is 3.23. The Kier molecular flexibility index (Phi) is 11.2. The van der Waals surface area contributed by atoms with Crippen LogP contribution >= 0.6 is 24.0 Å². The quantitative estimate of drug-likeness (QED) is 0.339. The van der Waals surface area contributed by atoms with Gasteiger partial charge in [-0.3, -0.25) is 0 Å². The zero-order valence-electron chi connectivity index (χ0n) is 16.8. The number of halogens is 1. The van der Waals surface area contributed by atoms with Crippen molar-refractivity contribution in [2.75, 3.05) is 26.7 Å². The van der Waals surface area contributed by atoms with Gasteiger partial charge in [0.2, 0.25) is 0 Å². The first-order chi connectivity index (χ1) is 12.1. The molecule has 0 radical (unpaired) electrons. The van der Waals surface area contributed by atoms with Gasteiger partial charge in [-0.25, -0.2) is 4.99 Å². The van der Waals surface area contributed by atoms with Crippen molar-refractivity contribution in [2.45, 2.75) is 71.4 Å². The van der Waals surface area contributed by atoms with Crippen LogP contribution in [0.3, 0.4) is 0 Å². The molecule has 0 spiro atoms. The van der Waals surface area contributed by atoms with E-state index in [9.17, 15) is 0 Å². The Morgan fingerprint density at radius 1 is 1.31 bits per heavy atom. The summed E-state index contributed by atoms with van der Waals surface area (Å²) in [5.74, 6) is 2.02. The van der Waals surface area contributed by atoms with Crippen LogP contribution < -0.4 is 10.6 Å². The Labute approximate surface area is 175 Å². The van der Waals surface area contributed by atoms with E-state index in [-0.39, 0.29) is 24.0 Å². The fourth-order valence-corrected chi connectivity index (χ4v) is 3.23. The lowest BCUT2D eigenvalue weighted by Crippen LogP contribution is -2.43. The third kappa shape index (κ3) is 7.82. The Hall–Kier alpha value is -0.830. The number of nitrogens with zero attached hydrogens (tertiary/aromatic N) is 3. The first kappa shape index (κ1) is 23.2. The van der Waals surface area contributed by atoms with Gasteiger partial charge in [-0.1, -0.05) is 38.3 Å². The minimum Gasteiger partial charge on any atom is -0.359 e. The lowest BCUT2D eigenvalue weighted by atomic mass is 9.94. The molecule has 26 heavy (non-hydrogen) atoms. The van der Waals surface area contributed by atoms with Gasteiger partial charge in [-0.15, -0.1) is 24.0 Å². The standard InChI is InChI=1S/C19H35N5O.HI/c1-5-20-19(22-14-17-13-18(15(2)3)23-25-17)21-11-12-24(4)16-9-7-6-8-10-16;/h13,15-16H,5-12,14H2,1-4H3,(H2,20,21,22);1H. The van der Waals surface area contributed by atoms with Crippen LogP contribution in [0.2, 0.25) is 0 Å². The number of nitrogens with one attached hydrogen (secondary N) is 2. The molecule has 1 heterocycles. The number of hydrogen-bond acceptors (Lipinski definition) is 4. The minimum atomic E-state index is 0. The fraction of sp³-hybridized carbons (Fsp3) is 0.789. The molecule has 1 aliphatic carbocycles. The summed E-state index contributed by atoms with van der Waals surface area (Å²) in [5, 5.41) is 10.8. The van der Waals surface area contributed by atoms with E-state index in [1.54, 1.807) is 0 Å². The first-order valence-corrected chi connectivity index (χ1v) is 9.78. The van der Waals surface area contributed by atoms with E-state index >= 15 is 0 Å². The summed E-state index contributed by atoms with van der Waals surface area (Å²) in [6.07, 6.45) is 6.84. The second-order valence-electron chi connectivity index (χ2n) is 7.27. The Morgan fingerprint density at radius 2 is 2.04 bits per heavy atom. The normalized spacial score (nSPS) is 16.0. The second kappa shape index (κ2) is 12.5. The summed E-state index contributed by atoms with van der Waals surface area (Å²) >= 11 is 0. The molecule has 1 aromatic heterocycles. The molecule has 1 saturated carbocycles. The maximum absolute atomic E-state index is 5.36. The van der Waals surface area contributed by atoms with Gasteiger partial charge in [0.25, 0.3) is 0 Å². The van der Waals surface area contributed by atoms with Crippen LogP contribution in [-0.2, 0) is 6.54 Å². The Balaban J connectivity index is 0.00000338. The van der Waals surface area contributed by atoms with Gasteiger partial charge in [0.15, 0.2) is 11.7 Å². The maximum Gasteiger partial charge on any atom is 0.191 e. The highest BCUT2D eigenvalue weighted by Gasteiger charge is 2.17. The molecule has 1 fully saturated rings. The van der Waals surface area contributed by atoms with Gasteiger partial charge in [0, 0.05) is 31.7 Å². The van der Waals surface area contributed by atoms with Crippen LogP contribution in [0.5, 0.6) is 0 Å². The van der Waals surface area contributed by atoms with Crippen LogP contribution in [0, 0.1) is 0 Å². The summed E-state index contributed by atoms with van der Waals surface area (Å²) < 4.78 is 5.36. The molecule has 150 valence electrons. The third-order valence-corrected chi connectivity index (χ3v) is 4.86. The molecule has 2 N–H and O–H groups in total. The van der Waals surface area contributed by atoms with E-state index in [0.717, 1.165) is 43.1 Å². The topological polar surface area (TPSA) is 65.7 Å². The predicted octanol–water partition coefficient (Wildman–Crippen LogP) is 3.74. The minimum absolute atomic E-state index is 0. The molecule has 0 aliphatic heterocycles. The highest BCUT2D eigenvalue weighted by Crippen LogP contribution is 2.21. The molecule has 1 aromatic rings. The van der Waals surface area contributed by atoms with Crippen molar-refractivity contribution >= 4 is 29.9 Å². The molecule has 0 unspecified atom stereocenters. The van der Waals surface area contributed by atoms with E-state index in [2.05, 4.69) is 53.5 Å². The molecule has 0 saturated heterocycles. The molecule has 0 atom stereocenters. The number of aliphatic imine (C=N–C) groups is 1. The summed E-state index contributed by atoms with van der Waals surface area (Å²) in [6, 6.07) is 2.74. The molecule has 6 nitrogen and oxygen atoms in total. The largest absolute Gasteiger partial charge is 0.359 e. The van der Waals surface area contributed by atoms with Gasteiger partial charge in [0.1, 0.15) is 6.54 Å². The van der Waals surface area contributed by atoms with Gasteiger partial charge < -0.3 is 20.1 Å². The number of rotatable bonds is 8. The SMILES string of the molecule is CCNC(=NCc1cc(C(C)C)no1)NCCN(C)C1CCCCC1.I. The van der Waals surface area contributed by atoms with Crippen LogP contribution in [0.1, 0.15) is 70.2 Å². The Bertz CT molecular complexity index is 526. The van der Waals surface area contributed by atoms with E-state index in [1.807, 2.05) is 6.07 Å². The van der Waals surface area contributed by atoms with Crippen molar-refractivity contribution < 1.29 is 4.52 Å². The number of likely N-dealkylation sites (N-methyl/N-ethyl adjacent to an activating group) is 1. The molecule has 2 rings (SSSR count). The molecular formula is C19H36IN5O. The first-order valence-electron chi connectivity index (χ1n) is 9.78. The smallest absolute Gasteiger partial charge is 0.191 e. The van der Waals surface area contributed by atoms with Crippen molar-refractivity contribution in [2.24, 2.45) is 4.99 Å². The number of aromatic nitrogens is 1. The van der Waals surface area contributed by atoms with Crippen LogP contribution in [0.4, 0.5) is 0 Å². The van der Waals surface area contributed by atoms with E-state index in [1.165, 1.54) is 32.1 Å². The van der Waals surface area contributed by atoms with Gasteiger partial charge in [-0.05, 0) is 32.7 Å². The van der Waals surface area contributed by atoms with E-state index in [4.69, 9.17) is 4.52 Å². The average molecular weight is 477 g/mol. The van der Waals surface area contributed by atoms with Crippen molar-refractivity contribution in [3.63, 3.8) is 0 Å². The third-order valence-electron chi connectivity index (χ3n) is 4.86. The second-order valence-corrected chi connectivity index (χ2v) is 7.27. The monoisotopic (exact) mass is 477 g/mol. The van der Waals surface area contributed by atoms with Crippen LogP contribution in [0.25, 0.3) is 0 Å². The summed E-state index contributed by atoms with van der Waals surface area (Å²) in [4.78, 5) is 7.10. The molecule has 7 heteroatoms. The number of guanidine groups is 1. The van der Waals surface area contributed by atoms with Gasteiger partial charge in [-0.2, -0.15) is 0 Å². The molecule has 0 amide bonds. The maximum atomic E-state index is 5.36. The zero-order valence-corrected chi connectivity index (χ0v) is 19.1. The van der Waals surface area contributed by atoms with Crippen LogP contribution in [0.15, 0.2) is 15.6 Å². The van der Waals surface area contributed by atoms with Crippen molar-refractivity contribution in [1.29, 1.82) is 0 Å². The highest BCUT2D eigenvalue weighted by molar-refractivity contribution is 14.0. The Morgan fingerprint density at radius 3 is 2.65 bits per heavy atom. The highest BCUT2D eigenvalue weighted by atomic mass is 127. The van der Waals surface area contributed by atoms with E-state index < -0.39 is 0 Å². The van der Waals surface area contributed by atoms with Gasteiger partial charge >= 0.3 is 0 Å². The number of hydrogen-bond donors (Lipinski definition) is 2. The summed E-state index contributed by atoms with van der Waals surface area (Å²) in [7, 11) is 2.24. The van der Waals surface area contributed by atoms with Crippen molar-refractivity contribution in [1.82, 2.24) is 20.7 Å². The van der Waals surface area contributed by atoms with Crippen molar-refractivity contribution in [3.8, 4) is 0 Å². The summed E-state index contributed by atoms with van der Waals surface area (Å²) in [5.41, 5.74) is 0.984. The lowest BCUT2D eigenvalue weighted by molar-refractivity contribution is 0.194. The van der Waals surface area contributed by atoms with Crippen molar-refractivity contribution in [3.05, 3.63) is 17.5 Å². The predicted molar refractivity (Wildman–Crippen MR) is 118 cm³/mol. The average Bonchev–Trinajstić information content (AvgIpc) is 3.09. The van der Waals surface area contributed by atoms with Crippen LogP contribution in [-0.4, -0.2) is 48.7 Å². The zero-order chi connectivity index (χ0) is 18.1. The molecular weight excluding hydrogens is 441 g/mol. The van der Waals surface area contributed by atoms with E-state index in [0.29, 0.717) is 12.5 Å².